The molecule has 0 aliphatic heterocycles. The summed E-state index contributed by atoms with van der Waals surface area (Å²) in [6, 6.07) is 17.4. The average molecular weight is 453 g/mol. The molecule has 0 saturated carbocycles. The Morgan fingerprint density at radius 3 is 2.65 bits per heavy atom. The number of carbonyl (C=O) groups excluding carboxylic acids is 1. The summed E-state index contributed by atoms with van der Waals surface area (Å²) < 4.78 is 0. The number of nitrogens with one attached hydrogen (secondary N) is 4. The first-order valence-corrected chi connectivity index (χ1v) is 10.9. The van der Waals surface area contributed by atoms with Crippen LogP contribution in [0.2, 0.25) is 0 Å². The number of nitrogens with zero attached hydrogens (tertiary/aromatic N) is 3. The number of anilines is 2. The Kier molecular flexibility index (Phi) is 5.75. The van der Waals surface area contributed by atoms with E-state index in [1.807, 2.05) is 67.7 Å². The summed E-state index contributed by atoms with van der Waals surface area (Å²) in [6.07, 6.45) is 5.36. The Morgan fingerprint density at radius 1 is 1.06 bits per heavy atom. The Hall–Kier alpha value is -4.50. The molecule has 0 bridgehead atoms. The molecule has 1 unspecified atom stereocenters. The van der Waals surface area contributed by atoms with Crippen molar-refractivity contribution in [2.75, 3.05) is 11.9 Å². The summed E-state index contributed by atoms with van der Waals surface area (Å²) >= 11 is 0. The van der Waals surface area contributed by atoms with E-state index in [-0.39, 0.29) is 11.9 Å². The molecule has 0 aliphatic rings. The van der Waals surface area contributed by atoms with Crippen molar-refractivity contribution in [3.8, 4) is 22.5 Å². The fraction of sp³-hybridized carbons (Fsp3) is 0.120. The first kappa shape index (κ1) is 21.4. The molecule has 0 radical (unpaired) electrons. The smallest absolute Gasteiger partial charge is 0.267 e. The molecule has 6 N–H and O–H groups in total. The second-order valence-corrected chi connectivity index (χ2v) is 8.05. The first-order valence-electron chi connectivity index (χ1n) is 10.9. The van der Waals surface area contributed by atoms with E-state index in [2.05, 4.69) is 35.8 Å². The van der Waals surface area contributed by atoms with E-state index in [1.54, 1.807) is 12.4 Å². The Bertz CT molecular complexity index is 1420. The monoisotopic (exact) mass is 452 g/mol. The molecule has 9 nitrogen and oxygen atoms in total. The van der Waals surface area contributed by atoms with Gasteiger partial charge in [0.2, 0.25) is 0 Å². The lowest BCUT2D eigenvalue weighted by Crippen LogP contribution is -2.37. The molecule has 34 heavy (non-hydrogen) atoms. The van der Waals surface area contributed by atoms with Gasteiger partial charge in [-0.05, 0) is 42.8 Å². The van der Waals surface area contributed by atoms with Crippen LogP contribution in [0.3, 0.4) is 0 Å². The maximum absolute atomic E-state index is 12.4. The second kappa shape index (κ2) is 9.16. The topological polar surface area (TPSA) is 137 Å². The summed E-state index contributed by atoms with van der Waals surface area (Å²) in [6.45, 7) is 2.25. The molecule has 2 aromatic carbocycles. The van der Waals surface area contributed by atoms with Crippen molar-refractivity contribution in [3.05, 3.63) is 78.9 Å². The molecule has 1 atom stereocenters. The quantitative estimate of drug-likeness (QED) is 0.254. The van der Waals surface area contributed by atoms with Crippen LogP contribution in [-0.2, 0) is 0 Å². The van der Waals surface area contributed by atoms with Gasteiger partial charge in [-0.1, -0.05) is 24.3 Å². The lowest BCUT2D eigenvalue weighted by molar-refractivity contribution is 0.0937. The zero-order chi connectivity index (χ0) is 23.5. The highest BCUT2D eigenvalue weighted by Gasteiger charge is 2.13. The Morgan fingerprint density at radius 2 is 1.88 bits per heavy atom. The molecule has 170 valence electrons. The van der Waals surface area contributed by atoms with E-state index in [0.717, 1.165) is 33.3 Å². The van der Waals surface area contributed by atoms with E-state index in [0.29, 0.717) is 23.9 Å². The number of amides is 1. The fourth-order valence-corrected chi connectivity index (χ4v) is 3.62. The predicted octanol–water partition coefficient (Wildman–Crippen LogP) is 3.84. The van der Waals surface area contributed by atoms with Gasteiger partial charge in [0, 0.05) is 52.7 Å². The summed E-state index contributed by atoms with van der Waals surface area (Å²) in [7, 11) is 0. The van der Waals surface area contributed by atoms with Gasteiger partial charge >= 0.3 is 0 Å². The number of carbonyl (C=O) groups is 1. The molecule has 0 aliphatic carbocycles. The van der Waals surface area contributed by atoms with E-state index in [1.165, 1.54) is 0 Å². The van der Waals surface area contributed by atoms with Crippen molar-refractivity contribution >= 4 is 28.3 Å². The van der Waals surface area contributed by atoms with Gasteiger partial charge in [-0.3, -0.25) is 9.89 Å². The van der Waals surface area contributed by atoms with Gasteiger partial charge in [-0.25, -0.2) is 9.97 Å². The van der Waals surface area contributed by atoms with Gasteiger partial charge < -0.3 is 21.4 Å². The molecule has 9 heteroatoms. The molecule has 0 saturated heterocycles. The third-order valence-corrected chi connectivity index (χ3v) is 5.50. The van der Waals surface area contributed by atoms with Gasteiger partial charge in [-0.2, -0.15) is 5.10 Å². The molecular formula is C25H24N8O. The van der Waals surface area contributed by atoms with Crippen molar-refractivity contribution in [1.82, 2.24) is 30.5 Å². The van der Waals surface area contributed by atoms with Crippen LogP contribution in [0, 0.1) is 0 Å². The maximum Gasteiger partial charge on any atom is 0.267 e. The van der Waals surface area contributed by atoms with E-state index < -0.39 is 0 Å². The number of nitrogens with two attached hydrogens (primary N) is 1. The van der Waals surface area contributed by atoms with Crippen molar-refractivity contribution in [2.45, 2.75) is 13.0 Å². The minimum atomic E-state index is -0.183. The SMILES string of the molecule is CC(CN)NC(=O)c1cc2ccc(-c3nccc(Nc4ccc(-c5cn[nH]c5)cc4)n3)cc2[nH]1. The van der Waals surface area contributed by atoms with Crippen molar-refractivity contribution in [2.24, 2.45) is 5.73 Å². The van der Waals surface area contributed by atoms with Crippen LogP contribution in [0.1, 0.15) is 17.4 Å². The molecular weight excluding hydrogens is 428 g/mol. The number of aromatic nitrogens is 5. The lowest BCUT2D eigenvalue weighted by Gasteiger charge is -2.09. The fourth-order valence-electron chi connectivity index (χ4n) is 3.62. The number of aromatic amines is 2. The van der Waals surface area contributed by atoms with Gasteiger partial charge in [-0.15, -0.1) is 0 Å². The highest BCUT2D eigenvalue weighted by atomic mass is 16.1. The average Bonchev–Trinajstić information content (AvgIpc) is 3.54. The second-order valence-electron chi connectivity index (χ2n) is 8.05. The van der Waals surface area contributed by atoms with Crippen LogP contribution in [-0.4, -0.2) is 43.6 Å². The lowest BCUT2D eigenvalue weighted by atomic mass is 10.1. The van der Waals surface area contributed by atoms with Crippen LogP contribution >= 0.6 is 0 Å². The first-order chi connectivity index (χ1) is 16.6. The zero-order valence-electron chi connectivity index (χ0n) is 18.5. The molecule has 0 fully saturated rings. The molecule has 1 amide bonds. The number of benzene rings is 2. The summed E-state index contributed by atoms with van der Waals surface area (Å²) in [4.78, 5) is 24.7. The number of hydrogen-bond donors (Lipinski definition) is 5. The van der Waals surface area contributed by atoms with Gasteiger partial charge in [0.15, 0.2) is 5.82 Å². The van der Waals surface area contributed by atoms with E-state index in [4.69, 9.17) is 5.73 Å². The third-order valence-electron chi connectivity index (χ3n) is 5.50. The number of H-pyrrole nitrogens is 2. The minimum Gasteiger partial charge on any atom is -0.351 e. The highest BCUT2D eigenvalue weighted by molar-refractivity contribution is 5.98. The van der Waals surface area contributed by atoms with Crippen LogP contribution < -0.4 is 16.4 Å². The summed E-state index contributed by atoms with van der Waals surface area (Å²) in [5.41, 5.74) is 10.8. The van der Waals surface area contributed by atoms with E-state index >= 15 is 0 Å². The zero-order valence-corrected chi connectivity index (χ0v) is 18.5. The van der Waals surface area contributed by atoms with Crippen LogP contribution in [0.5, 0.6) is 0 Å². The molecule has 3 heterocycles. The molecule has 0 spiro atoms. The van der Waals surface area contributed by atoms with Gasteiger partial charge in [0.05, 0.1) is 6.20 Å². The normalized spacial score (nSPS) is 11.9. The predicted molar refractivity (Wildman–Crippen MR) is 133 cm³/mol. The standard InChI is InChI=1S/C25H24N8O/c1-15(12-26)30-25(34)22-10-17-2-3-18(11-21(17)32-22)24-27-9-8-23(33-24)31-20-6-4-16(5-7-20)19-13-28-29-14-19/h2-11,13-15,32H,12,26H2,1H3,(H,28,29)(H,30,34)(H,27,31,33). The minimum absolute atomic E-state index is 0.0973. The van der Waals surface area contributed by atoms with Crippen molar-refractivity contribution in [3.63, 3.8) is 0 Å². The van der Waals surface area contributed by atoms with Crippen LogP contribution in [0.15, 0.2) is 73.2 Å². The van der Waals surface area contributed by atoms with Crippen LogP contribution in [0.4, 0.5) is 11.5 Å². The maximum atomic E-state index is 12.4. The van der Waals surface area contributed by atoms with Crippen molar-refractivity contribution < 1.29 is 4.79 Å². The Labute approximate surface area is 195 Å². The van der Waals surface area contributed by atoms with Crippen LogP contribution in [0.25, 0.3) is 33.4 Å². The third kappa shape index (κ3) is 4.50. The molecule has 5 rings (SSSR count). The van der Waals surface area contributed by atoms with Gasteiger partial charge in [0.25, 0.3) is 5.91 Å². The Balaban J connectivity index is 1.35. The van der Waals surface area contributed by atoms with E-state index in [9.17, 15) is 4.79 Å². The van der Waals surface area contributed by atoms with Gasteiger partial charge in [0.1, 0.15) is 11.5 Å². The summed E-state index contributed by atoms with van der Waals surface area (Å²) in [5, 5.41) is 13.9. The molecule has 3 aromatic heterocycles. The number of rotatable bonds is 7. The summed E-state index contributed by atoms with van der Waals surface area (Å²) in [5.74, 6) is 1.08. The molecule has 5 aromatic rings. The van der Waals surface area contributed by atoms with Crippen molar-refractivity contribution in [1.29, 1.82) is 0 Å². The highest BCUT2D eigenvalue weighted by Crippen LogP contribution is 2.25. The number of fused-ring (bicyclic) bond motifs is 1. The largest absolute Gasteiger partial charge is 0.351 e. The number of hydrogen-bond acceptors (Lipinski definition) is 6.